The Kier molecular flexibility index (Phi) is 8.70. The van der Waals surface area contributed by atoms with Crippen LogP contribution in [0.4, 0.5) is 8.78 Å². The van der Waals surface area contributed by atoms with E-state index < -0.39 is 6.61 Å². The van der Waals surface area contributed by atoms with E-state index in [0.29, 0.717) is 36.1 Å². The van der Waals surface area contributed by atoms with E-state index in [1.165, 1.54) is 12.5 Å². The van der Waals surface area contributed by atoms with Crippen LogP contribution in [-0.4, -0.2) is 40.7 Å². The van der Waals surface area contributed by atoms with Crippen molar-refractivity contribution >= 4 is 29.9 Å². The second-order valence-corrected chi connectivity index (χ2v) is 7.24. The summed E-state index contributed by atoms with van der Waals surface area (Å²) in [7, 11) is 0. The van der Waals surface area contributed by atoms with Gasteiger partial charge in [-0.2, -0.15) is 8.78 Å². The van der Waals surface area contributed by atoms with Gasteiger partial charge < -0.3 is 29.4 Å². The Morgan fingerprint density at radius 1 is 1.19 bits per heavy atom. The summed E-state index contributed by atoms with van der Waals surface area (Å²) in [4.78, 5) is 4.52. The minimum atomic E-state index is -2.95. The van der Waals surface area contributed by atoms with Crippen LogP contribution >= 0.6 is 24.0 Å². The highest BCUT2D eigenvalue weighted by molar-refractivity contribution is 14.0. The maximum absolute atomic E-state index is 12.8. The molecule has 0 atom stereocenters. The number of aryl methyl sites for hydroxylation is 1. The average Bonchev–Trinajstić information content (AvgIpc) is 3.28. The molecule has 176 valence electrons. The number of ether oxygens (including phenoxy) is 3. The van der Waals surface area contributed by atoms with Gasteiger partial charge in [-0.1, -0.05) is 6.42 Å². The molecule has 2 aliphatic heterocycles. The molecule has 3 heterocycles. The lowest BCUT2D eigenvalue weighted by Crippen LogP contribution is -2.37. The third-order valence-corrected chi connectivity index (χ3v) is 5.12. The zero-order valence-electron chi connectivity index (χ0n) is 17.8. The number of guanidine groups is 1. The first-order chi connectivity index (χ1) is 15.1. The second kappa shape index (κ2) is 11.5. The number of nitrogens with zero attached hydrogens (tertiary/aromatic N) is 4. The van der Waals surface area contributed by atoms with Crippen LogP contribution in [0.5, 0.6) is 17.2 Å². The van der Waals surface area contributed by atoms with E-state index in [4.69, 9.17) is 9.47 Å². The lowest BCUT2D eigenvalue weighted by molar-refractivity contribution is -0.0505. The Balaban J connectivity index is 0.00000289. The van der Waals surface area contributed by atoms with E-state index in [9.17, 15) is 8.78 Å². The van der Waals surface area contributed by atoms with Crippen molar-refractivity contribution in [2.24, 2.45) is 4.99 Å². The molecule has 32 heavy (non-hydrogen) atoms. The van der Waals surface area contributed by atoms with Crippen LogP contribution in [0.2, 0.25) is 0 Å². The predicted molar refractivity (Wildman–Crippen MR) is 124 cm³/mol. The highest BCUT2D eigenvalue weighted by atomic mass is 127. The number of hydrogen-bond acceptors (Lipinski definition) is 6. The Labute approximate surface area is 201 Å². The smallest absolute Gasteiger partial charge is 0.387 e. The van der Waals surface area contributed by atoms with Gasteiger partial charge in [-0.15, -0.1) is 34.2 Å². The summed E-state index contributed by atoms with van der Waals surface area (Å²) in [5.41, 5.74) is 0.470. The molecule has 2 N–H and O–H groups in total. The van der Waals surface area contributed by atoms with Crippen LogP contribution in [0, 0.1) is 0 Å². The van der Waals surface area contributed by atoms with Crippen molar-refractivity contribution in [3.05, 3.63) is 29.3 Å². The van der Waals surface area contributed by atoms with Gasteiger partial charge in [0.1, 0.15) is 11.6 Å². The maximum Gasteiger partial charge on any atom is 0.387 e. The molecule has 0 aliphatic carbocycles. The van der Waals surface area contributed by atoms with Crippen LogP contribution in [0.15, 0.2) is 17.1 Å². The van der Waals surface area contributed by atoms with E-state index in [1.54, 1.807) is 6.07 Å². The summed E-state index contributed by atoms with van der Waals surface area (Å²) in [5.74, 6) is 3.28. The molecule has 0 spiro atoms. The molecule has 0 amide bonds. The van der Waals surface area contributed by atoms with Crippen LogP contribution in [0.3, 0.4) is 0 Å². The molecule has 0 unspecified atom stereocenters. The molecule has 0 bridgehead atoms. The highest BCUT2D eigenvalue weighted by Crippen LogP contribution is 2.39. The standard InChI is InChI=1S/C20H26F2N6O3.HI/c1-2-23-20(25-11-18-27-26-17-6-4-3-5-7-28(17)18)24-10-13-8-15-16(30-12-29-15)9-14(13)31-19(21)22;/h8-9,19H,2-7,10-12H2,1H3,(H2,23,24,25);1H. The number of alkyl halides is 2. The number of aromatic nitrogens is 3. The monoisotopic (exact) mass is 564 g/mol. The van der Waals surface area contributed by atoms with Gasteiger partial charge in [0.15, 0.2) is 23.3 Å². The molecule has 1 aromatic heterocycles. The number of aliphatic imine (C=N–C) groups is 1. The third kappa shape index (κ3) is 5.90. The molecule has 0 saturated carbocycles. The first-order valence-electron chi connectivity index (χ1n) is 10.4. The van der Waals surface area contributed by atoms with Gasteiger partial charge in [0.2, 0.25) is 6.79 Å². The molecule has 12 heteroatoms. The molecule has 2 aliphatic rings. The summed E-state index contributed by atoms with van der Waals surface area (Å²) in [6, 6.07) is 3.02. The molecule has 2 aromatic rings. The molecule has 1 aromatic carbocycles. The van der Waals surface area contributed by atoms with Crippen molar-refractivity contribution in [3.8, 4) is 17.2 Å². The number of benzene rings is 1. The molecule has 0 radical (unpaired) electrons. The van der Waals surface area contributed by atoms with Crippen LogP contribution < -0.4 is 24.8 Å². The van der Waals surface area contributed by atoms with Gasteiger partial charge in [-0.3, -0.25) is 0 Å². The van der Waals surface area contributed by atoms with Gasteiger partial charge in [0, 0.05) is 31.1 Å². The lowest BCUT2D eigenvalue weighted by atomic mass is 10.1. The van der Waals surface area contributed by atoms with E-state index in [2.05, 4.69) is 35.1 Å². The van der Waals surface area contributed by atoms with E-state index in [-0.39, 0.29) is 43.1 Å². The topological polar surface area (TPSA) is 94.8 Å². The predicted octanol–water partition coefficient (Wildman–Crippen LogP) is 3.21. The summed E-state index contributed by atoms with van der Waals surface area (Å²) < 4.78 is 43.1. The van der Waals surface area contributed by atoms with Crippen molar-refractivity contribution in [2.45, 2.75) is 58.9 Å². The number of hydrogen-bond donors (Lipinski definition) is 2. The fourth-order valence-electron chi connectivity index (χ4n) is 3.64. The van der Waals surface area contributed by atoms with Crippen molar-refractivity contribution < 1.29 is 23.0 Å². The fourth-order valence-corrected chi connectivity index (χ4v) is 3.64. The number of halogens is 3. The van der Waals surface area contributed by atoms with Gasteiger partial charge in [0.05, 0.1) is 13.1 Å². The highest BCUT2D eigenvalue weighted by Gasteiger charge is 2.20. The Morgan fingerprint density at radius 3 is 2.78 bits per heavy atom. The average molecular weight is 564 g/mol. The summed E-state index contributed by atoms with van der Waals surface area (Å²) in [6.45, 7) is 1.18. The fraction of sp³-hybridized carbons (Fsp3) is 0.550. The molecule has 4 rings (SSSR count). The van der Waals surface area contributed by atoms with Crippen molar-refractivity contribution in [3.63, 3.8) is 0 Å². The Bertz CT molecular complexity index is 940. The molecular formula is C20H27F2IN6O3. The second-order valence-electron chi connectivity index (χ2n) is 7.24. The summed E-state index contributed by atoms with van der Waals surface area (Å²) in [6.07, 6.45) is 4.38. The van der Waals surface area contributed by atoms with Crippen LogP contribution in [0.1, 0.15) is 43.4 Å². The minimum absolute atomic E-state index is 0. The first kappa shape index (κ1) is 24.3. The zero-order chi connectivity index (χ0) is 21.6. The van der Waals surface area contributed by atoms with E-state index in [1.807, 2.05) is 6.92 Å². The Hall–Kier alpha value is -2.38. The van der Waals surface area contributed by atoms with Gasteiger partial charge in [-0.25, -0.2) is 4.99 Å². The molecule has 9 nitrogen and oxygen atoms in total. The van der Waals surface area contributed by atoms with E-state index >= 15 is 0 Å². The van der Waals surface area contributed by atoms with Crippen LogP contribution in [0.25, 0.3) is 0 Å². The number of nitrogens with one attached hydrogen (secondary N) is 2. The van der Waals surface area contributed by atoms with Crippen molar-refractivity contribution in [1.82, 2.24) is 25.4 Å². The molecular weight excluding hydrogens is 537 g/mol. The van der Waals surface area contributed by atoms with E-state index in [0.717, 1.165) is 37.5 Å². The maximum atomic E-state index is 12.8. The first-order valence-corrected chi connectivity index (χ1v) is 10.4. The SMILES string of the molecule is CCNC(=NCc1cc2c(cc1OC(F)F)OCO2)NCc1nnc2n1CCCCC2.I. The van der Waals surface area contributed by atoms with Crippen molar-refractivity contribution in [2.75, 3.05) is 13.3 Å². The quantitative estimate of drug-likeness (QED) is 0.303. The molecule has 0 fully saturated rings. The zero-order valence-corrected chi connectivity index (χ0v) is 20.1. The van der Waals surface area contributed by atoms with Crippen molar-refractivity contribution in [1.29, 1.82) is 0 Å². The normalized spacial score (nSPS) is 15.1. The number of fused-ring (bicyclic) bond motifs is 2. The van der Waals surface area contributed by atoms with Gasteiger partial charge >= 0.3 is 6.61 Å². The van der Waals surface area contributed by atoms with Gasteiger partial charge in [0.25, 0.3) is 0 Å². The lowest BCUT2D eigenvalue weighted by Gasteiger charge is -2.14. The van der Waals surface area contributed by atoms with Gasteiger partial charge in [-0.05, 0) is 25.8 Å². The third-order valence-electron chi connectivity index (χ3n) is 5.12. The summed E-state index contributed by atoms with van der Waals surface area (Å²) >= 11 is 0. The Morgan fingerprint density at radius 2 is 2.00 bits per heavy atom. The molecule has 0 saturated heterocycles. The summed E-state index contributed by atoms with van der Waals surface area (Å²) in [5, 5.41) is 15.0. The van der Waals surface area contributed by atoms with Crippen LogP contribution in [-0.2, 0) is 26.1 Å². The number of rotatable bonds is 7. The minimum Gasteiger partial charge on any atom is -0.454 e. The largest absolute Gasteiger partial charge is 0.454 e.